The minimum Gasteiger partial charge on any atom is -0.399 e. The molecule has 35 heavy (non-hydrogen) atoms. The van der Waals surface area contributed by atoms with Gasteiger partial charge in [0.1, 0.15) is 0 Å². The van der Waals surface area contributed by atoms with E-state index >= 15 is 0 Å². The molecule has 3 aromatic carbocycles. The SMILES string of the molecule is C=C/C=C(\C=C)C(=C(c1ccccc1)c1ccccc1)c1cccc(B2OC(C)(C)C(C)(C)O2)c1. The van der Waals surface area contributed by atoms with Crippen LogP contribution in [-0.4, -0.2) is 18.3 Å². The summed E-state index contributed by atoms with van der Waals surface area (Å²) in [6.45, 7) is 16.4. The molecule has 1 aliphatic heterocycles. The van der Waals surface area contributed by atoms with Gasteiger partial charge in [0.2, 0.25) is 0 Å². The van der Waals surface area contributed by atoms with E-state index in [1.54, 1.807) is 0 Å². The smallest absolute Gasteiger partial charge is 0.399 e. The molecular formula is C32H33BO2. The predicted molar refractivity (Wildman–Crippen MR) is 149 cm³/mol. The Balaban J connectivity index is 1.97. The largest absolute Gasteiger partial charge is 0.494 e. The highest BCUT2D eigenvalue weighted by atomic mass is 16.7. The van der Waals surface area contributed by atoms with Crippen LogP contribution in [0.1, 0.15) is 44.4 Å². The van der Waals surface area contributed by atoms with Crippen molar-refractivity contribution >= 4 is 23.7 Å². The Morgan fingerprint density at radius 2 is 1.23 bits per heavy atom. The first-order chi connectivity index (χ1) is 16.8. The summed E-state index contributed by atoms with van der Waals surface area (Å²) in [4.78, 5) is 0. The molecule has 0 N–H and O–H groups in total. The predicted octanol–water partition coefficient (Wildman–Crippen LogP) is 7.24. The van der Waals surface area contributed by atoms with Crippen LogP contribution in [0.25, 0.3) is 11.1 Å². The first kappa shape index (κ1) is 24.7. The van der Waals surface area contributed by atoms with Crippen LogP contribution in [0.2, 0.25) is 0 Å². The maximum Gasteiger partial charge on any atom is 0.494 e. The van der Waals surface area contributed by atoms with E-state index in [-0.39, 0.29) is 0 Å². The van der Waals surface area contributed by atoms with Crippen molar-refractivity contribution in [3.05, 3.63) is 139 Å². The molecule has 0 aliphatic carbocycles. The summed E-state index contributed by atoms with van der Waals surface area (Å²) in [7, 11) is -0.436. The van der Waals surface area contributed by atoms with Crippen LogP contribution >= 0.6 is 0 Å². The van der Waals surface area contributed by atoms with Gasteiger partial charge in [-0.15, -0.1) is 0 Å². The number of hydrogen-bond donors (Lipinski definition) is 0. The maximum atomic E-state index is 6.36. The van der Waals surface area contributed by atoms with Crippen molar-refractivity contribution in [3.8, 4) is 0 Å². The molecule has 0 spiro atoms. The number of hydrogen-bond acceptors (Lipinski definition) is 2. The molecule has 4 rings (SSSR count). The molecule has 0 unspecified atom stereocenters. The molecule has 1 fully saturated rings. The fraction of sp³-hybridized carbons (Fsp3) is 0.188. The number of rotatable bonds is 7. The lowest BCUT2D eigenvalue weighted by Gasteiger charge is -2.32. The molecule has 1 aliphatic rings. The second-order valence-corrected chi connectivity index (χ2v) is 9.76. The van der Waals surface area contributed by atoms with E-state index in [0.29, 0.717) is 0 Å². The zero-order chi connectivity index (χ0) is 25.1. The molecule has 3 heteroatoms. The van der Waals surface area contributed by atoms with Gasteiger partial charge in [-0.1, -0.05) is 116 Å². The summed E-state index contributed by atoms with van der Waals surface area (Å²) in [6.07, 6.45) is 5.71. The van der Waals surface area contributed by atoms with Gasteiger partial charge in [-0.2, -0.15) is 0 Å². The highest BCUT2D eigenvalue weighted by molar-refractivity contribution is 6.62. The van der Waals surface area contributed by atoms with Crippen LogP contribution in [0.15, 0.2) is 122 Å². The average molecular weight is 460 g/mol. The molecule has 0 aromatic heterocycles. The van der Waals surface area contributed by atoms with Gasteiger partial charge in [-0.05, 0) is 66.6 Å². The second kappa shape index (κ2) is 10.1. The lowest BCUT2D eigenvalue weighted by atomic mass is 9.76. The van der Waals surface area contributed by atoms with Crippen LogP contribution in [0.5, 0.6) is 0 Å². The van der Waals surface area contributed by atoms with Gasteiger partial charge in [0.15, 0.2) is 0 Å². The van der Waals surface area contributed by atoms with Gasteiger partial charge in [0, 0.05) is 0 Å². The third-order valence-electron chi connectivity index (χ3n) is 6.88. The highest BCUT2D eigenvalue weighted by Gasteiger charge is 2.51. The van der Waals surface area contributed by atoms with Crippen molar-refractivity contribution in [1.82, 2.24) is 0 Å². The molecule has 2 nitrogen and oxygen atoms in total. The summed E-state index contributed by atoms with van der Waals surface area (Å²) >= 11 is 0. The van der Waals surface area contributed by atoms with Crippen molar-refractivity contribution < 1.29 is 9.31 Å². The molecule has 3 aromatic rings. The summed E-state index contributed by atoms with van der Waals surface area (Å²) in [6, 6.07) is 29.4. The van der Waals surface area contributed by atoms with Crippen molar-refractivity contribution in [2.24, 2.45) is 0 Å². The van der Waals surface area contributed by atoms with Gasteiger partial charge < -0.3 is 9.31 Å². The third-order valence-corrected chi connectivity index (χ3v) is 6.88. The first-order valence-electron chi connectivity index (χ1n) is 12.0. The van der Waals surface area contributed by atoms with Gasteiger partial charge in [-0.25, -0.2) is 0 Å². The van der Waals surface area contributed by atoms with E-state index in [0.717, 1.165) is 38.9 Å². The zero-order valence-corrected chi connectivity index (χ0v) is 21.1. The molecule has 0 bridgehead atoms. The summed E-state index contributed by atoms with van der Waals surface area (Å²) in [5, 5.41) is 0. The average Bonchev–Trinajstić information content (AvgIpc) is 3.09. The van der Waals surface area contributed by atoms with E-state index in [4.69, 9.17) is 9.31 Å². The van der Waals surface area contributed by atoms with Crippen molar-refractivity contribution in [2.75, 3.05) is 0 Å². The minimum absolute atomic E-state index is 0.402. The maximum absolute atomic E-state index is 6.36. The zero-order valence-electron chi connectivity index (χ0n) is 21.1. The Hall–Kier alpha value is -3.40. The molecule has 1 saturated heterocycles. The van der Waals surface area contributed by atoms with E-state index in [9.17, 15) is 0 Å². The van der Waals surface area contributed by atoms with E-state index in [1.807, 2.05) is 30.4 Å². The topological polar surface area (TPSA) is 18.5 Å². The second-order valence-electron chi connectivity index (χ2n) is 9.76. The summed E-state index contributed by atoms with van der Waals surface area (Å²) in [5.74, 6) is 0. The van der Waals surface area contributed by atoms with Crippen LogP contribution in [-0.2, 0) is 9.31 Å². The molecule has 0 atom stereocenters. The van der Waals surface area contributed by atoms with Gasteiger partial charge in [0.25, 0.3) is 0 Å². The Labute approximate surface area is 210 Å². The monoisotopic (exact) mass is 460 g/mol. The fourth-order valence-corrected chi connectivity index (χ4v) is 4.32. The van der Waals surface area contributed by atoms with Crippen LogP contribution in [0.3, 0.4) is 0 Å². The summed E-state index contributed by atoms with van der Waals surface area (Å²) in [5.41, 5.74) is 6.71. The van der Waals surface area contributed by atoms with Crippen molar-refractivity contribution in [1.29, 1.82) is 0 Å². The van der Waals surface area contributed by atoms with Crippen molar-refractivity contribution in [3.63, 3.8) is 0 Å². The van der Waals surface area contributed by atoms with Crippen molar-refractivity contribution in [2.45, 2.75) is 38.9 Å². The molecule has 176 valence electrons. The van der Waals surface area contributed by atoms with Gasteiger partial charge in [-0.3, -0.25) is 0 Å². The third kappa shape index (κ3) is 5.02. The number of allylic oxidation sites excluding steroid dienone is 5. The minimum atomic E-state index is -0.436. The van der Waals surface area contributed by atoms with Gasteiger partial charge in [0.05, 0.1) is 11.2 Å². The van der Waals surface area contributed by atoms with E-state index in [1.165, 1.54) is 0 Å². The Morgan fingerprint density at radius 1 is 0.714 bits per heavy atom. The Bertz CT molecular complexity index is 1210. The lowest BCUT2D eigenvalue weighted by Crippen LogP contribution is -2.41. The van der Waals surface area contributed by atoms with Crippen LogP contribution in [0, 0.1) is 0 Å². The standard InChI is InChI=1S/C32H33BO2/c1-7-16-24(8-2)29(30(25-17-11-9-12-18-25)26-19-13-10-14-20-26)27-21-15-22-28(23-27)33-34-31(3,4)32(5,6)35-33/h7-23H,1-2H2,3-6H3/b24-16+. The normalized spacial score (nSPS) is 16.6. The van der Waals surface area contributed by atoms with E-state index in [2.05, 4.69) is 114 Å². The highest BCUT2D eigenvalue weighted by Crippen LogP contribution is 2.39. The van der Waals surface area contributed by atoms with Crippen LogP contribution in [0.4, 0.5) is 0 Å². The quantitative estimate of drug-likeness (QED) is 0.210. The summed E-state index contributed by atoms with van der Waals surface area (Å²) < 4.78 is 12.7. The number of benzene rings is 3. The van der Waals surface area contributed by atoms with Gasteiger partial charge >= 0.3 is 7.12 Å². The Morgan fingerprint density at radius 3 is 1.71 bits per heavy atom. The molecular weight excluding hydrogens is 427 g/mol. The van der Waals surface area contributed by atoms with E-state index < -0.39 is 18.3 Å². The molecule has 0 saturated carbocycles. The Kier molecular flexibility index (Phi) is 7.11. The molecule has 0 amide bonds. The molecule has 0 radical (unpaired) electrons. The lowest BCUT2D eigenvalue weighted by molar-refractivity contribution is 0.00578. The molecule has 1 heterocycles. The fourth-order valence-electron chi connectivity index (χ4n) is 4.32. The van der Waals surface area contributed by atoms with Crippen LogP contribution < -0.4 is 5.46 Å². The first-order valence-corrected chi connectivity index (χ1v) is 12.0.